The van der Waals surface area contributed by atoms with Gasteiger partial charge in [-0.25, -0.2) is 9.79 Å². The summed E-state index contributed by atoms with van der Waals surface area (Å²) in [5.41, 5.74) is 1.02. The molecule has 3 heterocycles. The average molecular weight is 590 g/mol. The summed E-state index contributed by atoms with van der Waals surface area (Å²) in [5, 5.41) is 11.2. The molecule has 0 saturated carbocycles. The van der Waals surface area contributed by atoms with Gasteiger partial charge in [0.2, 0.25) is 0 Å². The van der Waals surface area contributed by atoms with Gasteiger partial charge in [-0.1, -0.05) is 29.5 Å². The van der Waals surface area contributed by atoms with Crippen molar-refractivity contribution < 1.29 is 33.1 Å². The lowest BCUT2D eigenvalue weighted by Gasteiger charge is -2.25. The maximum atomic E-state index is 13.8. The standard InChI is InChI=1S/C29H23N3O9S/c1-15-25(28(35)39-4)26(18-8-10-22(40-16(2)33)23(13-18)38-3)31-27(34)24(42-29(31)30-15)14-20-9-11-21(41-20)17-6-5-7-19(12-17)32(36)37/h5-14,26H,1-4H3/b24-14+/t26-/m0/s1. The van der Waals surface area contributed by atoms with Crippen LogP contribution in [-0.2, 0) is 14.3 Å². The molecular formula is C29H23N3O9S. The number of nitrogens with zero attached hydrogens (tertiary/aromatic N) is 3. The largest absolute Gasteiger partial charge is 0.493 e. The summed E-state index contributed by atoms with van der Waals surface area (Å²) in [6.45, 7) is 2.91. The summed E-state index contributed by atoms with van der Waals surface area (Å²) in [4.78, 5) is 53.8. The first-order valence-corrected chi connectivity index (χ1v) is 13.2. The Bertz CT molecular complexity index is 1970. The monoisotopic (exact) mass is 589 g/mol. The number of benzene rings is 2. The molecule has 1 aliphatic heterocycles. The number of ether oxygens (including phenoxy) is 3. The van der Waals surface area contributed by atoms with E-state index >= 15 is 0 Å². The van der Waals surface area contributed by atoms with E-state index in [1.54, 1.807) is 49.4 Å². The average Bonchev–Trinajstić information content (AvgIpc) is 3.56. The van der Waals surface area contributed by atoms with Crippen molar-refractivity contribution in [1.82, 2.24) is 4.57 Å². The number of rotatable bonds is 7. The fourth-order valence-corrected chi connectivity index (χ4v) is 5.62. The number of aromatic nitrogens is 1. The number of nitro groups is 1. The fourth-order valence-electron chi connectivity index (χ4n) is 4.59. The van der Waals surface area contributed by atoms with Crippen LogP contribution in [0.3, 0.4) is 0 Å². The molecule has 1 aliphatic rings. The van der Waals surface area contributed by atoms with Crippen molar-refractivity contribution in [1.29, 1.82) is 0 Å². The summed E-state index contributed by atoms with van der Waals surface area (Å²) < 4.78 is 23.2. The lowest BCUT2D eigenvalue weighted by molar-refractivity contribution is -0.384. The molecule has 0 bridgehead atoms. The summed E-state index contributed by atoms with van der Waals surface area (Å²) in [6.07, 6.45) is 1.54. The number of carbonyl (C=O) groups excluding carboxylic acids is 2. The Hall–Kier alpha value is -5.30. The quantitative estimate of drug-likeness (QED) is 0.136. The van der Waals surface area contributed by atoms with Crippen LogP contribution in [0.2, 0.25) is 0 Å². The Kier molecular flexibility index (Phi) is 7.59. The lowest BCUT2D eigenvalue weighted by atomic mass is 9.95. The molecule has 13 heteroatoms. The second kappa shape index (κ2) is 11.3. The second-order valence-corrected chi connectivity index (χ2v) is 10.1. The van der Waals surface area contributed by atoms with E-state index in [1.807, 2.05) is 0 Å². The van der Waals surface area contributed by atoms with Gasteiger partial charge in [-0.2, -0.15) is 0 Å². The lowest BCUT2D eigenvalue weighted by Crippen LogP contribution is -2.39. The first-order chi connectivity index (χ1) is 20.1. The predicted octanol–water partition coefficient (Wildman–Crippen LogP) is 3.51. The van der Waals surface area contributed by atoms with Crippen LogP contribution in [0.5, 0.6) is 11.5 Å². The molecule has 2 aromatic heterocycles. The number of hydrogen-bond acceptors (Lipinski definition) is 11. The minimum Gasteiger partial charge on any atom is -0.493 e. The number of nitro benzene ring substituents is 1. The topological polar surface area (TPSA) is 152 Å². The zero-order valence-corrected chi connectivity index (χ0v) is 23.6. The number of methoxy groups -OCH3 is 2. The molecule has 5 rings (SSSR count). The van der Waals surface area contributed by atoms with Gasteiger partial charge in [0.15, 0.2) is 16.3 Å². The predicted molar refractivity (Wildman–Crippen MR) is 151 cm³/mol. The van der Waals surface area contributed by atoms with Crippen LogP contribution in [0.25, 0.3) is 17.4 Å². The van der Waals surface area contributed by atoms with Crippen LogP contribution in [-0.4, -0.2) is 35.6 Å². The number of furan rings is 1. The summed E-state index contributed by atoms with van der Waals surface area (Å²) >= 11 is 1.11. The molecule has 2 aromatic carbocycles. The van der Waals surface area contributed by atoms with Crippen molar-refractivity contribution in [2.45, 2.75) is 19.9 Å². The molecule has 0 spiro atoms. The summed E-state index contributed by atoms with van der Waals surface area (Å²) in [7, 11) is 2.65. The minimum absolute atomic E-state index is 0.0759. The van der Waals surface area contributed by atoms with Crippen LogP contribution in [0.15, 0.2) is 80.1 Å². The zero-order chi connectivity index (χ0) is 30.1. The molecule has 12 nitrogen and oxygen atoms in total. The van der Waals surface area contributed by atoms with E-state index in [0.29, 0.717) is 33.1 Å². The van der Waals surface area contributed by atoms with Crippen molar-refractivity contribution >= 4 is 35.0 Å². The summed E-state index contributed by atoms with van der Waals surface area (Å²) in [6, 6.07) is 13.1. The van der Waals surface area contributed by atoms with Crippen LogP contribution >= 0.6 is 11.3 Å². The van der Waals surface area contributed by atoms with Gasteiger partial charge in [0.1, 0.15) is 11.5 Å². The molecule has 42 heavy (non-hydrogen) atoms. The molecule has 4 aromatic rings. The molecule has 0 radical (unpaired) electrons. The molecule has 214 valence electrons. The van der Waals surface area contributed by atoms with E-state index < -0.39 is 28.5 Å². The van der Waals surface area contributed by atoms with Crippen molar-refractivity contribution in [2.24, 2.45) is 4.99 Å². The minimum atomic E-state index is -0.923. The Morgan fingerprint density at radius 2 is 1.90 bits per heavy atom. The van der Waals surface area contributed by atoms with E-state index in [2.05, 4.69) is 4.99 Å². The molecule has 1 atom stereocenters. The highest BCUT2D eigenvalue weighted by Gasteiger charge is 2.33. The SMILES string of the molecule is COC(=O)C1=C(C)N=c2s/c(=C/c3ccc(-c4cccc([N+](=O)[O-])c4)o3)c(=O)n2[C@H]1c1ccc(OC(C)=O)c(OC)c1. The highest BCUT2D eigenvalue weighted by atomic mass is 32.1. The van der Waals surface area contributed by atoms with Gasteiger partial charge in [0.05, 0.1) is 41.0 Å². The highest BCUT2D eigenvalue weighted by Crippen LogP contribution is 2.36. The fraction of sp³-hybridized carbons (Fsp3) is 0.172. The van der Waals surface area contributed by atoms with Gasteiger partial charge >= 0.3 is 11.9 Å². The molecule has 0 aliphatic carbocycles. The number of thiazole rings is 1. The van der Waals surface area contributed by atoms with Crippen molar-refractivity contribution in [3.8, 4) is 22.8 Å². The Labute approximate surface area is 241 Å². The van der Waals surface area contributed by atoms with Crippen LogP contribution in [0.4, 0.5) is 5.69 Å². The normalized spacial score (nSPS) is 14.7. The second-order valence-electron chi connectivity index (χ2n) is 9.09. The Balaban J connectivity index is 1.63. The molecule has 0 amide bonds. The maximum absolute atomic E-state index is 13.8. The van der Waals surface area contributed by atoms with Gasteiger partial charge in [-0.15, -0.1) is 0 Å². The van der Waals surface area contributed by atoms with E-state index in [-0.39, 0.29) is 27.3 Å². The van der Waals surface area contributed by atoms with Gasteiger partial charge in [-0.3, -0.25) is 24.3 Å². The van der Waals surface area contributed by atoms with Crippen molar-refractivity contribution in [3.63, 3.8) is 0 Å². The van der Waals surface area contributed by atoms with Crippen LogP contribution in [0, 0.1) is 10.1 Å². The molecular weight excluding hydrogens is 566 g/mol. The number of esters is 2. The molecule has 0 N–H and O–H groups in total. The van der Waals surface area contributed by atoms with Gasteiger partial charge in [0.25, 0.3) is 11.2 Å². The van der Waals surface area contributed by atoms with E-state index in [4.69, 9.17) is 18.6 Å². The highest BCUT2D eigenvalue weighted by molar-refractivity contribution is 7.07. The number of non-ortho nitro benzene ring substituents is 1. The Morgan fingerprint density at radius 3 is 2.60 bits per heavy atom. The van der Waals surface area contributed by atoms with E-state index in [1.165, 1.54) is 43.9 Å². The Morgan fingerprint density at radius 1 is 1.12 bits per heavy atom. The molecule has 0 unspecified atom stereocenters. The number of carbonyl (C=O) groups is 2. The zero-order valence-electron chi connectivity index (χ0n) is 22.8. The van der Waals surface area contributed by atoms with Crippen molar-refractivity contribution in [2.75, 3.05) is 14.2 Å². The molecule has 0 saturated heterocycles. The number of allylic oxidation sites excluding steroid dienone is 1. The summed E-state index contributed by atoms with van der Waals surface area (Å²) in [5.74, 6) is -0.0568. The van der Waals surface area contributed by atoms with E-state index in [9.17, 15) is 24.5 Å². The van der Waals surface area contributed by atoms with Crippen LogP contribution in [0.1, 0.15) is 31.2 Å². The number of hydrogen-bond donors (Lipinski definition) is 0. The third kappa shape index (κ3) is 5.24. The third-order valence-corrected chi connectivity index (χ3v) is 7.41. The van der Waals surface area contributed by atoms with E-state index in [0.717, 1.165) is 11.3 Å². The van der Waals surface area contributed by atoms with Gasteiger partial charge in [-0.05, 0) is 36.8 Å². The van der Waals surface area contributed by atoms with Crippen molar-refractivity contribution in [3.05, 3.63) is 107 Å². The van der Waals surface area contributed by atoms with Gasteiger partial charge < -0.3 is 18.6 Å². The van der Waals surface area contributed by atoms with Crippen LogP contribution < -0.4 is 24.4 Å². The molecule has 0 fully saturated rings. The first-order valence-electron chi connectivity index (χ1n) is 12.4. The number of fused-ring (bicyclic) bond motifs is 1. The maximum Gasteiger partial charge on any atom is 0.338 e. The first kappa shape index (κ1) is 28.2. The van der Waals surface area contributed by atoms with Gasteiger partial charge in [0, 0.05) is 30.7 Å². The smallest absolute Gasteiger partial charge is 0.338 e. The third-order valence-electron chi connectivity index (χ3n) is 6.43.